The maximum absolute atomic E-state index is 8.96. The molecule has 1 aromatic carbocycles. The van der Waals surface area contributed by atoms with Crippen LogP contribution in [0.25, 0.3) is 5.69 Å². The van der Waals surface area contributed by atoms with Crippen molar-refractivity contribution >= 4 is 23.2 Å². The summed E-state index contributed by atoms with van der Waals surface area (Å²) >= 11 is 11.7. The van der Waals surface area contributed by atoms with E-state index >= 15 is 0 Å². The fourth-order valence-electron chi connectivity index (χ4n) is 1.25. The second-order valence-corrected chi connectivity index (χ2v) is 3.88. The summed E-state index contributed by atoms with van der Waals surface area (Å²) in [7, 11) is 0. The van der Waals surface area contributed by atoms with E-state index in [4.69, 9.17) is 28.3 Å². The summed E-state index contributed by atoms with van der Waals surface area (Å²) in [5.41, 5.74) is 1.50. The Balaban J connectivity index is 2.42. The number of rotatable bonds is 2. The van der Waals surface area contributed by atoms with Crippen LogP contribution in [0, 0.1) is 0 Å². The molecule has 0 aliphatic heterocycles. The Bertz CT molecular complexity index is 482. The van der Waals surface area contributed by atoms with Gasteiger partial charge in [0.05, 0.1) is 23.5 Å². The maximum Gasteiger partial charge on any atom is 0.0790 e. The summed E-state index contributed by atoms with van der Waals surface area (Å²) in [4.78, 5) is 0. The SMILES string of the molecule is OCc1ccc(-n2cc(Cl)cn2)cc1Cl. The van der Waals surface area contributed by atoms with E-state index in [1.807, 2.05) is 6.07 Å². The minimum Gasteiger partial charge on any atom is -0.392 e. The van der Waals surface area contributed by atoms with Crippen molar-refractivity contribution in [2.75, 3.05) is 0 Å². The highest BCUT2D eigenvalue weighted by molar-refractivity contribution is 6.31. The molecule has 0 spiro atoms. The van der Waals surface area contributed by atoms with Crippen molar-refractivity contribution in [1.29, 1.82) is 0 Å². The molecule has 5 heteroatoms. The van der Waals surface area contributed by atoms with E-state index in [9.17, 15) is 0 Å². The predicted octanol–water partition coefficient (Wildman–Crippen LogP) is 2.67. The number of aliphatic hydroxyl groups is 1. The molecular formula is C10H8Cl2N2O. The number of benzene rings is 1. The molecule has 0 aliphatic carbocycles. The van der Waals surface area contributed by atoms with Gasteiger partial charge < -0.3 is 5.11 Å². The fraction of sp³-hybridized carbons (Fsp3) is 0.100. The van der Waals surface area contributed by atoms with Gasteiger partial charge in [-0.1, -0.05) is 29.3 Å². The molecule has 0 aliphatic rings. The smallest absolute Gasteiger partial charge is 0.0790 e. The first-order valence-electron chi connectivity index (χ1n) is 4.30. The predicted molar refractivity (Wildman–Crippen MR) is 59.5 cm³/mol. The second kappa shape index (κ2) is 4.23. The van der Waals surface area contributed by atoms with Crippen molar-refractivity contribution in [3.05, 3.63) is 46.2 Å². The van der Waals surface area contributed by atoms with Crippen LogP contribution in [0.2, 0.25) is 10.0 Å². The van der Waals surface area contributed by atoms with Gasteiger partial charge in [0.25, 0.3) is 0 Å². The molecule has 0 unspecified atom stereocenters. The summed E-state index contributed by atoms with van der Waals surface area (Å²) < 4.78 is 1.62. The molecule has 15 heavy (non-hydrogen) atoms. The first kappa shape index (κ1) is 10.5. The summed E-state index contributed by atoms with van der Waals surface area (Å²) in [6.07, 6.45) is 3.24. The number of aromatic nitrogens is 2. The fourth-order valence-corrected chi connectivity index (χ4v) is 1.62. The van der Waals surface area contributed by atoms with Crippen LogP contribution in [0.15, 0.2) is 30.6 Å². The Morgan fingerprint density at radius 3 is 2.67 bits per heavy atom. The zero-order valence-electron chi connectivity index (χ0n) is 7.69. The van der Waals surface area contributed by atoms with Crippen LogP contribution in [0.1, 0.15) is 5.56 Å². The third-order valence-corrected chi connectivity index (χ3v) is 2.57. The van der Waals surface area contributed by atoms with Crippen molar-refractivity contribution in [1.82, 2.24) is 9.78 Å². The average molecular weight is 243 g/mol. The van der Waals surface area contributed by atoms with Crippen molar-refractivity contribution in [2.24, 2.45) is 0 Å². The molecule has 0 fully saturated rings. The lowest BCUT2D eigenvalue weighted by molar-refractivity contribution is 0.282. The zero-order chi connectivity index (χ0) is 10.8. The van der Waals surface area contributed by atoms with Crippen LogP contribution in [-0.4, -0.2) is 14.9 Å². The van der Waals surface area contributed by atoms with Gasteiger partial charge in [0, 0.05) is 11.2 Å². The van der Waals surface area contributed by atoms with Crippen LogP contribution in [-0.2, 0) is 6.61 Å². The highest BCUT2D eigenvalue weighted by Crippen LogP contribution is 2.20. The number of hydrogen-bond donors (Lipinski definition) is 1. The monoisotopic (exact) mass is 242 g/mol. The van der Waals surface area contributed by atoms with Gasteiger partial charge in [0.1, 0.15) is 0 Å². The number of nitrogens with zero attached hydrogens (tertiary/aromatic N) is 2. The molecule has 1 aromatic heterocycles. The summed E-state index contributed by atoms with van der Waals surface area (Å²) in [5.74, 6) is 0. The summed E-state index contributed by atoms with van der Waals surface area (Å²) in [6.45, 7) is -0.0705. The van der Waals surface area contributed by atoms with E-state index < -0.39 is 0 Å². The molecule has 0 radical (unpaired) electrons. The summed E-state index contributed by atoms with van der Waals surface area (Å²) in [6, 6.07) is 5.31. The normalized spacial score (nSPS) is 10.6. The van der Waals surface area contributed by atoms with Crippen LogP contribution in [0.5, 0.6) is 0 Å². The summed E-state index contributed by atoms with van der Waals surface area (Å²) in [5, 5.41) is 14.1. The van der Waals surface area contributed by atoms with Crippen molar-refractivity contribution in [2.45, 2.75) is 6.61 Å². The Morgan fingerprint density at radius 1 is 1.33 bits per heavy atom. The lowest BCUT2D eigenvalue weighted by atomic mass is 10.2. The number of halogens is 2. The molecule has 0 saturated heterocycles. The van der Waals surface area contributed by atoms with Crippen LogP contribution in [0.4, 0.5) is 0 Å². The van der Waals surface area contributed by atoms with Gasteiger partial charge in [-0.2, -0.15) is 5.10 Å². The van der Waals surface area contributed by atoms with E-state index in [-0.39, 0.29) is 6.61 Å². The molecule has 0 atom stereocenters. The largest absolute Gasteiger partial charge is 0.392 e. The van der Waals surface area contributed by atoms with Gasteiger partial charge in [-0.25, -0.2) is 4.68 Å². The van der Waals surface area contributed by atoms with E-state index in [0.29, 0.717) is 15.6 Å². The van der Waals surface area contributed by atoms with Gasteiger partial charge in [-0.15, -0.1) is 0 Å². The first-order chi connectivity index (χ1) is 7.20. The lowest BCUT2D eigenvalue weighted by Crippen LogP contribution is -1.95. The van der Waals surface area contributed by atoms with E-state index in [1.165, 1.54) is 0 Å². The van der Waals surface area contributed by atoms with Gasteiger partial charge >= 0.3 is 0 Å². The van der Waals surface area contributed by atoms with Gasteiger partial charge in [0.15, 0.2) is 0 Å². The first-order valence-corrected chi connectivity index (χ1v) is 5.06. The Labute approximate surface area is 96.9 Å². The molecule has 0 bridgehead atoms. The van der Waals surface area contributed by atoms with Crippen LogP contribution < -0.4 is 0 Å². The van der Waals surface area contributed by atoms with Gasteiger partial charge in [-0.05, 0) is 17.7 Å². The lowest BCUT2D eigenvalue weighted by Gasteiger charge is -2.04. The van der Waals surface area contributed by atoms with Crippen LogP contribution in [0.3, 0.4) is 0 Å². The Hall–Kier alpha value is -1.03. The molecule has 3 nitrogen and oxygen atoms in total. The minimum atomic E-state index is -0.0705. The minimum absolute atomic E-state index is 0.0705. The molecule has 2 rings (SSSR count). The van der Waals surface area contributed by atoms with Crippen molar-refractivity contribution < 1.29 is 5.11 Å². The Kier molecular flexibility index (Phi) is 2.95. The van der Waals surface area contributed by atoms with E-state index in [0.717, 1.165) is 5.69 Å². The van der Waals surface area contributed by atoms with E-state index in [2.05, 4.69) is 5.10 Å². The highest BCUT2D eigenvalue weighted by atomic mass is 35.5. The molecule has 2 aromatic rings. The van der Waals surface area contributed by atoms with E-state index in [1.54, 1.807) is 29.2 Å². The van der Waals surface area contributed by atoms with Crippen molar-refractivity contribution in [3.8, 4) is 5.69 Å². The molecule has 1 N–H and O–H groups in total. The topological polar surface area (TPSA) is 38.0 Å². The molecule has 78 valence electrons. The molecule has 0 saturated carbocycles. The third kappa shape index (κ3) is 2.15. The number of aliphatic hydroxyl groups excluding tert-OH is 1. The standard InChI is InChI=1S/C10H8Cl2N2O/c11-8-4-13-14(5-8)9-2-1-7(6-15)10(12)3-9/h1-5,15H,6H2. The highest BCUT2D eigenvalue weighted by Gasteiger charge is 2.03. The Morgan fingerprint density at radius 2 is 2.13 bits per heavy atom. The molecule has 1 heterocycles. The average Bonchev–Trinajstić information content (AvgIpc) is 2.65. The molecule has 0 amide bonds. The zero-order valence-corrected chi connectivity index (χ0v) is 9.20. The second-order valence-electron chi connectivity index (χ2n) is 3.04. The maximum atomic E-state index is 8.96. The number of hydrogen-bond acceptors (Lipinski definition) is 2. The van der Waals surface area contributed by atoms with Gasteiger partial charge in [-0.3, -0.25) is 0 Å². The van der Waals surface area contributed by atoms with Crippen molar-refractivity contribution in [3.63, 3.8) is 0 Å². The van der Waals surface area contributed by atoms with Crippen LogP contribution >= 0.6 is 23.2 Å². The quantitative estimate of drug-likeness (QED) is 0.880. The van der Waals surface area contributed by atoms with Gasteiger partial charge in [0.2, 0.25) is 0 Å². The third-order valence-electron chi connectivity index (χ3n) is 2.02. The molecular weight excluding hydrogens is 235 g/mol.